The Morgan fingerprint density at radius 1 is 0.973 bits per heavy atom. The number of morpholine rings is 1. The third-order valence-electron chi connectivity index (χ3n) is 8.60. The van der Waals surface area contributed by atoms with Crippen LogP contribution in [-0.4, -0.2) is 121 Å². The van der Waals surface area contributed by atoms with E-state index in [2.05, 4.69) is 4.90 Å². The molecule has 10 heteroatoms. The molecule has 204 valence electrons. The lowest BCUT2D eigenvalue weighted by Crippen LogP contribution is -2.57. The van der Waals surface area contributed by atoms with Crippen molar-refractivity contribution in [3.8, 4) is 0 Å². The molecule has 5 atom stereocenters. The fourth-order valence-electron chi connectivity index (χ4n) is 6.72. The number of esters is 1. The predicted octanol–water partition coefficient (Wildman–Crippen LogP) is 0.354. The number of carbonyl (C=O) groups excluding carboxylic acids is 3. The molecule has 5 aliphatic heterocycles. The van der Waals surface area contributed by atoms with Crippen LogP contribution in [0.2, 0.25) is 0 Å². The molecule has 5 rings (SSSR count). The van der Waals surface area contributed by atoms with Crippen LogP contribution in [-0.2, 0) is 28.6 Å². The lowest BCUT2D eigenvalue weighted by molar-refractivity contribution is -0.161. The first-order chi connectivity index (χ1) is 18.0. The average molecular weight is 518 g/mol. The summed E-state index contributed by atoms with van der Waals surface area (Å²) in [7, 11) is 0. The van der Waals surface area contributed by atoms with E-state index in [1.807, 2.05) is 31.2 Å². The van der Waals surface area contributed by atoms with E-state index >= 15 is 0 Å². The van der Waals surface area contributed by atoms with Gasteiger partial charge in [0.25, 0.3) is 0 Å². The molecule has 0 saturated carbocycles. The van der Waals surface area contributed by atoms with E-state index in [4.69, 9.17) is 14.2 Å². The maximum atomic E-state index is 14.1. The van der Waals surface area contributed by atoms with Crippen LogP contribution in [0.15, 0.2) is 24.3 Å². The molecule has 1 N–H and O–H groups in total. The maximum absolute atomic E-state index is 14.1. The molecule has 37 heavy (non-hydrogen) atoms. The summed E-state index contributed by atoms with van der Waals surface area (Å²) in [6, 6.07) is -0.956. The molecule has 0 bridgehead atoms. The number of ether oxygens (including phenoxy) is 3. The van der Waals surface area contributed by atoms with Gasteiger partial charge in [-0.15, -0.1) is 0 Å². The average Bonchev–Trinajstić information content (AvgIpc) is 3.26. The number of cyclic esters (lactones) is 1. The van der Waals surface area contributed by atoms with Crippen molar-refractivity contribution in [2.75, 3.05) is 65.7 Å². The zero-order valence-electron chi connectivity index (χ0n) is 21.7. The van der Waals surface area contributed by atoms with Gasteiger partial charge in [-0.05, 0) is 25.7 Å². The third kappa shape index (κ3) is 4.51. The molecule has 5 aliphatic rings. The number of likely N-dealkylation sites (tertiary alicyclic amines) is 1. The number of rotatable bonds is 6. The highest BCUT2D eigenvalue weighted by molar-refractivity contribution is 5.99. The van der Waals surface area contributed by atoms with Gasteiger partial charge in [-0.3, -0.25) is 19.3 Å². The Kier molecular flexibility index (Phi) is 7.72. The van der Waals surface area contributed by atoms with Gasteiger partial charge in [0, 0.05) is 39.3 Å². The van der Waals surface area contributed by atoms with Crippen LogP contribution in [0.5, 0.6) is 0 Å². The van der Waals surface area contributed by atoms with Gasteiger partial charge < -0.3 is 29.1 Å². The highest BCUT2D eigenvalue weighted by Gasteiger charge is 2.75. The number of hydrogen-bond donors (Lipinski definition) is 1. The quantitative estimate of drug-likeness (QED) is 0.397. The van der Waals surface area contributed by atoms with Crippen LogP contribution in [0.25, 0.3) is 0 Å². The number of fused-ring (bicyclic) bond motifs is 2. The fraction of sp³-hybridized carbons (Fsp3) is 0.741. The van der Waals surface area contributed by atoms with Crippen LogP contribution in [0.4, 0.5) is 0 Å². The molecule has 0 aromatic carbocycles. The van der Waals surface area contributed by atoms with E-state index < -0.39 is 35.0 Å². The molecule has 2 amide bonds. The van der Waals surface area contributed by atoms with Gasteiger partial charge in [-0.25, -0.2) is 0 Å². The summed E-state index contributed by atoms with van der Waals surface area (Å²) in [5.74, 6) is -2.78. The summed E-state index contributed by atoms with van der Waals surface area (Å²) in [4.78, 5) is 47.1. The highest BCUT2D eigenvalue weighted by atomic mass is 16.6. The second-order valence-electron chi connectivity index (χ2n) is 10.6. The lowest BCUT2D eigenvalue weighted by Gasteiger charge is -2.38. The van der Waals surface area contributed by atoms with Crippen LogP contribution in [0.1, 0.15) is 32.6 Å². The lowest BCUT2D eigenvalue weighted by atomic mass is 9.73. The summed E-state index contributed by atoms with van der Waals surface area (Å²) < 4.78 is 18.0. The van der Waals surface area contributed by atoms with Gasteiger partial charge in [0.05, 0.1) is 32.3 Å². The van der Waals surface area contributed by atoms with Gasteiger partial charge in [-0.2, -0.15) is 0 Å². The van der Waals surface area contributed by atoms with Gasteiger partial charge in [0.2, 0.25) is 11.8 Å². The summed E-state index contributed by atoms with van der Waals surface area (Å²) >= 11 is 0. The number of aliphatic hydroxyl groups excluding tert-OH is 1. The number of aliphatic hydroxyl groups is 1. The van der Waals surface area contributed by atoms with Gasteiger partial charge in [0.1, 0.15) is 23.2 Å². The molecule has 5 heterocycles. The number of allylic oxidation sites excluding steroid dienone is 1. The summed E-state index contributed by atoms with van der Waals surface area (Å²) in [6.07, 6.45) is 10.6. The zero-order chi connectivity index (χ0) is 26.0. The molecule has 0 aliphatic carbocycles. The molecular weight excluding hydrogens is 478 g/mol. The van der Waals surface area contributed by atoms with Crippen LogP contribution < -0.4 is 0 Å². The Hall–Kier alpha value is -2.27. The molecule has 1 unspecified atom stereocenters. The largest absolute Gasteiger partial charge is 0.465 e. The predicted molar refractivity (Wildman–Crippen MR) is 133 cm³/mol. The first-order valence-electron chi connectivity index (χ1n) is 13.7. The van der Waals surface area contributed by atoms with Crippen molar-refractivity contribution >= 4 is 17.8 Å². The third-order valence-corrected chi connectivity index (χ3v) is 8.60. The molecule has 0 radical (unpaired) electrons. The maximum Gasteiger partial charge on any atom is 0.313 e. The van der Waals surface area contributed by atoms with E-state index in [-0.39, 0.29) is 25.0 Å². The number of hydrogen-bond acceptors (Lipinski definition) is 8. The van der Waals surface area contributed by atoms with Gasteiger partial charge in [0.15, 0.2) is 0 Å². The van der Waals surface area contributed by atoms with E-state index in [0.29, 0.717) is 45.9 Å². The number of β-amino-alcohol motifs (C(OH)–C–C–N with tert-alkyl or cyclic N) is 1. The van der Waals surface area contributed by atoms with Crippen LogP contribution >= 0.6 is 0 Å². The van der Waals surface area contributed by atoms with Crippen molar-refractivity contribution in [2.45, 2.75) is 49.9 Å². The first kappa shape index (κ1) is 26.3. The smallest absolute Gasteiger partial charge is 0.313 e. The minimum Gasteiger partial charge on any atom is -0.465 e. The molecular formula is C27H39N3O7. The van der Waals surface area contributed by atoms with Crippen LogP contribution in [0.3, 0.4) is 0 Å². The molecule has 0 aromatic heterocycles. The second kappa shape index (κ2) is 10.8. The van der Waals surface area contributed by atoms with Crippen LogP contribution in [0, 0.1) is 11.8 Å². The molecule has 3 fully saturated rings. The molecule has 3 saturated heterocycles. The van der Waals surface area contributed by atoms with E-state index in [0.717, 1.165) is 32.4 Å². The number of carbonyl (C=O) groups is 3. The molecule has 10 nitrogen and oxygen atoms in total. The number of nitrogens with zero attached hydrogens (tertiary/aromatic N) is 3. The summed E-state index contributed by atoms with van der Waals surface area (Å²) in [6.45, 7) is 6.55. The summed E-state index contributed by atoms with van der Waals surface area (Å²) in [5.41, 5.74) is -2.36. The van der Waals surface area contributed by atoms with E-state index in [1.165, 1.54) is 4.90 Å². The fourth-order valence-corrected chi connectivity index (χ4v) is 6.72. The van der Waals surface area contributed by atoms with E-state index in [1.54, 1.807) is 4.90 Å². The first-order valence-corrected chi connectivity index (χ1v) is 13.7. The Morgan fingerprint density at radius 2 is 1.78 bits per heavy atom. The monoisotopic (exact) mass is 517 g/mol. The topological polar surface area (TPSA) is 109 Å². The van der Waals surface area contributed by atoms with Crippen molar-refractivity contribution in [1.82, 2.24) is 14.7 Å². The standard InChI is InChI=1S/C27H39N3O7/c1-2-26-8-5-3-4-6-17-36-25(34)21(26)20-23(32)30(13-16-31)22-24(33)29(10-7-9-27(20,22)37-26)12-11-28-14-18-35-19-15-28/h5,7-9,20-22,31H,2-4,6,10-19H2,1H3/b8-5-/t20-,21+,22?,26-,27-/m0/s1. The Labute approximate surface area is 218 Å². The Morgan fingerprint density at radius 3 is 2.54 bits per heavy atom. The molecule has 1 spiro atoms. The second-order valence-corrected chi connectivity index (χ2v) is 10.6. The summed E-state index contributed by atoms with van der Waals surface area (Å²) in [5, 5.41) is 9.82. The molecule has 0 aromatic rings. The van der Waals surface area contributed by atoms with Crippen molar-refractivity contribution in [1.29, 1.82) is 0 Å². The Bertz CT molecular complexity index is 948. The number of amides is 2. The van der Waals surface area contributed by atoms with Gasteiger partial charge in [-0.1, -0.05) is 31.2 Å². The van der Waals surface area contributed by atoms with E-state index in [9.17, 15) is 19.5 Å². The SMILES string of the molecule is CC[C@]12/C=C\CCCCOC(=O)[C@H]1[C@H]1C(=O)N(CCO)C3C(=O)N(CCN4CCOCC4)CC=C[C@@]31O2. The highest BCUT2D eigenvalue weighted by Crippen LogP contribution is 2.58. The van der Waals surface area contributed by atoms with Crippen molar-refractivity contribution in [3.63, 3.8) is 0 Å². The Balaban J connectivity index is 1.52. The zero-order valence-corrected chi connectivity index (χ0v) is 21.7. The van der Waals surface area contributed by atoms with Crippen molar-refractivity contribution in [3.05, 3.63) is 24.3 Å². The minimum atomic E-state index is -1.31. The minimum absolute atomic E-state index is 0.00126. The normalized spacial score (nSPS) is 37.6. The van der Waals surface area contributed by atoms with Gasteiger partial charge >= 0.3 is 5.97 Å². The van der Waals surface area contributed by atoms with Crippen molar-refractivity contribution in [2.24, 2.45) is 11.8 Å². The van der Waals surface area contributed by atoms with Crippen molar-refractivity contribution < 1.29 is 33.7 Å².